The van der Waals surface area contributed by atoms with E-state index in [4.69, 9.17) is 17.3 Å². The number of aromatic nitrogens is 2. The quantitative estimate of drug-likeness (QED) is 0.839. The van der Waals surface area contributed by atoms with E-state index in [1.165, 1.54) is 0 Å². The molecule has 1 heterocycles. The number of benzene rings is 1. The van der Waals surface area contributed by atoms with E-state index < -0.39 is 5.91 Å². The largest absolute Gasteiger partial charge is 0.366 e. The zero-order chi connectivity index (χ0) is 13.8. The molecule has 5 nitrogen and oxygen atoms in total. The van der Waals surface area contributed by atoms with Crippen molar-refractivity contribution in [1.82, 2.24) is 9.97 Å². The Morgan fingerprint density at radius 1 is 1.42 bits per heavy atom. The molecule has 0 spiro atoms. The minimum atomic E-state index is -0.449. The molecule has 6 heteroatoms. The SMILES string of the molecule is Cc1cnc(Cl)nc1NCc1ccccc1C(N)=O. The average molecular weight is 277 g/mol. The molecular formula is C13H13ClN4O. The first-order valence-electron chi connectivity index (χ1n) is 5.68. The molecule has 0 radical (unpaired) electrons. The van der Waals surface area contributed by atoms with Gasteiger partial charge < -0.3 is 11.1 Å². The molecule has 0 saturated heterocycles. The van der Waals surface area contributed by atoms with Crippen LogP contribution in [0.15, 0.2) is 30.5 Å². The molecule has 1 aromatic carbocycles. The van der Waals surface area contributed by atoms with Crippen LogP contribution in [0.3, 0.4) is 0 Å². The van der Waals surface area contributed by atoms with Crippen molar-refractivity contribution >= 4 is 23.3 Å². The molecule has 3 N–H and O–H groups in total. The summed E-state index contributed by atoms with van der Waals surface area (Å²) in [4.78, 5) is 19.3. The van der Waals surface area contributed by atoms with E-state index in [0.717, 1.165) is 11.1 Å². The smallest absolute Gasteiger partial charge is 0.249 e. The van der Waals surface area contributed by atoms with E-state index >= 15 is 0 Å². The second-order valence-corrected chi connectivity index (χ2v) is 4.38. The number of nitrogens with zero attached hydrogens (tertiary/aromatic N) is 2. The minimum Gasteiger partial charge on any atom is -0.366 e. The molecule has 1 amide bonds. The fraction of sp³-hybridized carbons (Fsp3) is 0.154. The Morgan fingerprint density at radius 2 is 2.16 bits per heavy atom. The van der Waals surface area contributed by atoms with Crippen LogP contribution in [0.5, 0.6) is 0 Å². The van der Waals surface area contributed by atoms with E-state index in [-0.39, 0.29) is 5.28 Å². The van der Waals surface area contributed by atoms with E-state index in [2.05, 4.69) is 15.3 Å². The molecule has 0 fully saturated rings. The normalized spacial score (nSPS) is 10.2. The summed E-state index contributed by atoms with van der Waals surface area (Å²) in [6.07, 6.45) is 1.64. The van der Waals surface area contributed by atoms with Gasteiger partial charge in [0, 0.05) is 23.9 Å². The number of amides is 1. The summed E-state index contributed by atoms with van der Waals surface area (Å²) in [5.74, 6) is 0.189. The van der Waals surface area contributed by atoms with Crippen LogP contribution >= 0.6 is 11.6 Å². The number of rotatable bonds is 4. The van der Waals surface area contributed by atoms with Gasteiger partial charge in [-0.1, -0.05) is 18.2 Å². The number of hydrogen-bond acceptors (Lipinski definition) is 4. The Balaban J connectivity index is 2.19. The third kappa shape index (κ3) is 3.20. The highest BCUT2D eigenvalue weighted by Gasteiger charge is 2.08. The third-order valence-electron chi connectivity index (χ3n) is 2.67. The van der Waals surface area contributed by atoms with E-state index in [9.17, 15) is 4.79 Å². The van der Waals surface area contributed by atoms with Crippen LogP contribution in [0.1, 0.15) is 21.5 Å². The molecular weight excluding hydrogens is 264 g/mol. The molecule has 0 aliphatic rings. The zero-order valence-corrected chi connectivity index (χ0v) is 11.1. The lowest BCUT2D eigenvalue weighted by molar-refractivity contribution is 0.0999. The number of anilines is 1. The van der Waals surface area contributed by atoms with E-state index in [1.54, 1.807) is 18.3 Å². The second-order valence-electron chi connectivity index (χ2n) is 4.05. The van der Waals surface area contributed by atoms with Crippen molar-refractivity contribution in [3.63, 3.8) is 0 Å². The monoisotopic (exact) mass is 276 g/mol. The highest BCUT2D eigenvalue weighted by molar-refractivity contribution is 6.28. The Labute approximate surface area is 115 Å². The lowest BCUT2D eigenvalue weighted by atomic mass is 10.1. The van der Waals surface area contributed by atoms with Gasteiger partial charge in [0.25, 0.3) is 0 Å². The summed E-state index contributed by atoms with van der Waals surface area (Å²) >= 11 is 5.74. The van der Waals surface area contributed by atoms with Crippen molar-refractivity contribution in [3.05, 3.63) is 52.4 Å². The zero-order valence-electron chi connectivity index (χ0n) is 10.4. The van der Waals surface area contributed by atoms with Crippen molar-refractivity contribution in [1.29, 1.82) is 0 Å². The molecule has 2 aromatic rings. The topological polar surface area (TPSA) is 80.9 Å². The molecule has 0 unspecified atom stereocenters. The van der Waals surface area contributed by atoms with Crippen LogP contribution in [0.25, 0.3) is 0 Å². The van der Waals surface area contributed by atoms with Gasteiger partial charge in [-0.25, -0.2) is 9.97 Å². The van der Waals surface area contributed by atoms with Crippen LogP contribution in [-0.2, 0) is 6.54 Å². The lowest BCUT2D eigenvalue weighted by Gasteiger charge is -2.10. The maximum atomic E-state index is 11.3. The highest BCUT2D eigenvalue weighted by Crippen LogP contribution is 2.15. The predicted octanol–water partition coefficient (Wildman–Crippen LogP) is 2.15. The summed E-state index contributed by atoms with van der Waals surface area (Å²) < 4.78 is 0. The van der Waals surface area contributed by atoms with Gasteiger partial charge in [0.2, 0.25) is 11.2 Å². The van der Waals surface area contributed by atoms with Gasteiger partial charge in [-0.05, 0) is 30.2 Å². The van der Waals surface area contributed by atoms with Gasteiger partial charge in [-0.2, -0.15) is 0 Å². The van der Waals surface area contributed by atoms with E-state index in [1.807, 2.05) is 19.1 Å². The number of carbonyl (C=O) groups excluding carboxylic acids is 1. The Kier molecular flexibility index (Phi) is 3.97. The molecule has 98 valence electrons. The first-order chi connectivity index (χ1) is 9.08. The van der Waals surface area contributed by atoms with Crippen LogP contribution in [0.4, 0.5) is 5.82 Å². The Bertz CT molecular complexity index is 615. The van der Waals surface area contributed by atoms with Gasteiger partial charge in [0.1, 0.15) is 5.82 Å². The number of primary amides is 1. The van der Waals surface area contributed by atoms with Crippen LogP contribution in [-0.4, -0.2) is 15.9 Å². The fourth-order valence-corrected chi connectivity index (χ4v) is 1.83. The van der Waals surface area contributed by atoms with Crippen molar-refractivity contribution < 1.29 is 4.79 Å². The summed E-state index contributed by atoms with van der Waals surface area (Å²) in [6, 6.07) is 7.16. The van der Waals surface area contributed by atoms with Crippen LogP contribution in [0, 0.1) is 6.92 Å². The summed E-state index contributed by atoms with van der Waals surface area (Å²) in [7, 11) is 0. The number of carbonyl (C=O) groups is 1. The summed E-state index contributed by atoms with van der Waals surface area (Å²) in [5.41, 5.74) is 7.50. The first-order valence-corrected chi connectivity index (χ1v) is 6.06. The maximum absolute atomic E-state index is 11.3. The van der Waals surface area contributed by atoms with Gasteiger partial charge in [0.05, 0.1) is 0 Å². The van der Waals surface area contributed by atoms with Crippen LogP contribution < -0.4 is 11.1 Å². The second kappa shape index (κ2) is 5.67. The molecule has 0 aliphatic carbocycles. The number of halogens is 1. The predicted molar refractivity (Wildman–Crippen MR) is 74.1 cm³/mol. The molecule has 1 aromatic heterocycles. The van der Waals surface area contributed by atoms with Gasteiger partial charge in [-0.3, -0.25) is 4.79 Å². The van der Waals surface area contributed by atoms with Gasteiger partial charge in [0.15, 0.2) is 0 Å². The molecule has 0 atom stereocenters. The highest BCUT2D eigenvalue weighted by atomic mass is 35.5. The van der Waals surface area contributed by atoms with Crippen molar-refractivity contribution in [3.8, 4) is 0 Å². The molecule has 19 heavy (non-hydrogen) atoms. The standard InChI is InChI=1S/C13H13ClN4O/c1-8-6-17-13(14)18-12(8)16-7-9-4-2-3-5-10(9)11(15)19/h2-6H,7H2,1H3,(H2,15,19)(H,16,17,18). The lowest BCUT2D eigenvalue weighted by Crippen LogP contribution is -2.15. The van der Waals surface area contributed by atoms with Crippen LogP contribution in [0.2, 0.25) is 5.28 Å². The third-order valence-corrected chi connectivity index (χ3v) is 2.85. The van der Waals surface area contributed by atoms with Crippen molar-refractivity contribution in [2.75, 3.05) is 5.32 Å². The average Bonchev–Trinajstić information content (AvgIpc) is 2.40. The number of hydrogen-bond donors (Lipinski definition) is 2. The van der Waals surface area contributed by atoms with Gasteiger partial charge in [-0.15, -0.1) is 0 Å². The number of nitrogens with one attached hydrogen (secondary N) is 1. The van der Waals surface area contributed by atoms with Crippen molar-refractivity contribution in [2.24, 2.45) is 5.73 Å². The fourth-order valence-electron chi connectivity index (χ4n) is 1.69. The number of aryl methyl sites for hydroxylation is 1. The minimum absolute atomic E-state index is 0.177. The van der Waals surface area contributed by atoms with E-state index in [0.29, 0.717) is 17.9 Å². The first kappa shape index (κ1) is 13.3. The molecule has 2 rings (SSSR count). The number of nitrogens with two attached hydrogens (primary N) is 1. The molecule has 0 saturated carbocycles. The molecule has 0 aliphatic heterocycles. The van der Waals surface area contributed by atoms with Gasteiger partial charge >= 0.3 is 0 Å². The van der Waals surface area contributed by atoms with Crippen molar-refractivity contribution in [2.45, 2.75) is 13.5 Å². The molecule has 0 bridgehead atoms. The Morgan fingerprint density at radius 3 is 2.89 bits per heavy atom. The Hall–Kier alpha value is -2.14. The maximum Gasteiger partial charge on any atom is 0.249 e. The summed E-state index contributed by atoms with van der Waals surface area (Å²) in [6.45, 7) is 2.31. The summed E-state index contributed by atoms with van der Waals surface area (Å²) in [5, 5.41) is 3.30.